The van der Waals surface area contributed by atoms with Crippen LogP contribution in [0.2, 0.25) is 0 Å². The molecule has 0 radical (unpaired) electrons. The van der Waals surface area contributed by atoms with Gasteiger partial charge in [0.25, 0.3) is 0 Å². The van der Waals surface area contributed by atoms with E-state index >= 15 is 0 Å². The Labute approximate surface area is 69.0 Å². The summed E-state index contributed by atoms with van der Waals surface area (Å²) in [5.41, 5.74) is 0. The molecule has 1 rings (SSSR count). The first-order chi connectivity index (χ1) is 4.93. The Hall–Kier alpha value is 0.310. The van der Waals surface area contributed by atoms with E-state index in [-0.39, 0.29) is 0 Å². The Bertz CT molecular complexity index is 60.3. The molecular weight excluding hydrogens is 142 g/mol. The Morgan fingerprint density at radius 2 is 1.70 bits per heavy atom. The van der Waals surface area contributed by atoms with Crippen LogP contribution in [0.5, 0.6) is 0 Å². The fourth-order valence-corrected chi connectivity index (χ4v) is 2.09. The van der Waals surface area contributed by atoms with E-state index in [4.69, 9.17) is 0 Å². The quantitative estimate of drug-likeness (QED) is 0.632. The SMILES string of the molecule is CC.CNC1CCSCC1. The van der Waals surface area contributed by atoms with Gasteiger partial charge in [0.2, 0.25) is 0 Å². The lowest BCUT2D eigenvalue weighted by Crippen LogP contribution is -2.28. The molecule has 10 heavy (non-hydrogen) atoms. The summed E-state index contributed by atoms with van der Waals surface area (Å²) < 4.78 is 0. The fourth-order valence-electron chi connectivity index (χ4n) is 0.986. The van der Waals surface area contributed by atoms with Crippen LogP contribution in [0.15, 0.2) is 0 Å². The largest absolute Gasteiger partial charge is 0.317 e. The van der Waals surface area contributed by atoms with Gasteiger partial charge >= 0.3 is 0 Å². The van der Waals surface area contributed by atoms with Gasteiger partial charge < -0.3 is 5.32 Å². The topological polar surface area (TPSA) is 12.0 Å². The lowest BCUT2D eigenvalue weighted by atomic mass is 10.2. The maximum absolute atomic E-state index is 3.29. The summed E-state index contributed by atoms with van der Waals surface area (Å²) in [6.07, 6.45) is 2.72. The van der Waals surface area contributed by atoms with Crippen LogP contribution in [-0.4, -0.2) is 24.6 Å². The van der Waals surface area contributed by atoms with Gasteiger partial charge in [-0.1, -0.05) is 13.8 Å². The highest BCUT2D eigenvalue weighted by Gasteiger charge is 2.09. The molecule has 0 saturated carbocycles. The van der Waals surface area contributed by atoms with Gasteiger partial charge in [-0.2, -0.15) is 11.8 Å². The zero-order chi connectivity index (χ0) is 7.82. The second-order valence-corrected chi connectivity index (χ2v) is 3.40. The third-order valence-corrected chi connectivity index (χ3v) is 2.68. The van der Waals surface area contributed by atoms with Gasteiger partial charge in [-0.3, -0.25) is 0 Å². The molecule has 62 valence electrons. The van der Waals surface area contributed by atoms with Crippen LogP contribution < -0.4 is 5.32 Å². The molecule has 0 aromatic carbocycles. The molecule has 1 aliphatic rings. The highest BCUT2D eigenvalue weighted by Crippen LogP contribution is 2.15. The van der Waals surface area contributed by atoms with E-state index in [9.17, 15) is 0 Å². The van der Waals surface area contributed by atoms with Crippen molar-refractivity contribution in [3.05, 3.63) is 0 Å². The lowest BCUT2D eigenvalue weighted by molar-refractivity contribution is 0.528. The number of hydrogen-bond acceptors (Lipinski definition) is 2. The number of thioether (sulfide) groups is 1. The molecule has 1 nitrogen and oxygen atoms in total. The first-order valence-electron chi connectivity index (χ1n) is 4.18. The second-order valence-electron chi connectivity index (χ2n) is 2.18. The molecule has 2 heteroatoms. The van der Waals surface area contributed by atoms with Crippen LogP contribution in [0.1, 0.15) is 26.7 Å². The van der Waals surface area contributed by atoms with Crippen molar-refractivity contribution in [3.63, 3.8) is 0 Å². The average molecular weight is 161 g/mol. The van der Waals surface area contributed by atoms with Gasteiger partial charge in [0.1, 0.15) is 0 Å². The Morgan fingerprint density at radius 1 is 1.20 bits per heavy atom. The maximum atomic E-state index is 3.29. The normalized spacial score (nSPS) is 19.5. The number of nitrogens with one attached hydrogen (secondary N) is 1. The zero-order valence-corrected chi connectivity index (χ0v) is 8.13. The van der Waals surface area contributed by atoms with E-state index in [0.29, 0.717) is 0 Å². The molecule has 1 fully saturated rings. The third-order valence-electron chi connectivity index (χ3n) is 1.63. The third kappa shape index (κ3) is 4.18. The smallest absolute Gasteiger partial charge is 0.00797 e. The minimum atomic E-state index is 0.816. The van der Waals surface area contributed by atoms with Crippen LogP contribution in [0.25, 0.3) is 0 Å². The van der Waals surface area contributed by atoms with E-state index in [1.165, 1.54) is 24.3 Å². The first kappa shape index (κ1) is 10.3. The monoisotopic (exact) mass is 161 g/mol. The molecule has 1 heterocycles. The van der Waals surface area contributed by atoms with Crippen LogP contribution in [-0.2, 0) is 0 Å². The molecule has 0 atom stereocenters. The van der Waals surface area contributed by atoms with Crippen molar-refractivity contribution in [2.75, 3.05) is 18.6 Å². The minimum absolute atomic E-state index is 0.816. The molecule has 0 aromatic heterocycles. The molecule has 0 aromatic rings. The molecule has 1 N–H and O–H groups in total. The van der Waals surface area contributed by atoms with E-state index in [1.807, 2.05) is 13.8 Å². The van der Waals surface area contributed by atoms with Gasteiger partial charge in [-0.15, -0.1) is 0 Å². The highest BCUT2D eigenvalue weighted by molar-refractivity contribution is 7.99. The molecule has 0 bridgehead atoms. The van der Waals surface area contributed by atoms with Gasteiger partial charge in [0, 0.05) is 6.04 Å². The summed E-state index contributed by atoms with van der Waals surface area (Å²) in [6.45, 7) is 4.00. The van der Waals surface area contributed by atoms with Crippen LogP contribution in [0.3, 0.4) is 0 Å². The summed E-state index contributed by atoms with van der Waals surface area (Å²) in [5, 5.41) is 3.29. The molecule has 0 spiro atoms. The molecule has 0 amide bonds. The van der Waals surface area contributed by atoms with Crippen molar-refractivity contribution in [2.45, 2.75) is 32.7 Å². The average Bonchev–Trinajstić information content (AvgIpc) is 2.10. The van der Waals surface area contributed by atoms with Crippen LogP contribution >= 0.6 is 11.8 Å². The highest BCUT2D eigenvalue weighted by atomic mass is 32.2. The summed E-state index contributed by atoms with van der Waals surface area (Å²) in [4.78, 5) is 0. The molecule has 0 aliphatic carbocycles. The zero-order valence-electron chi connectivity index (χ0n) is 7.31. The van der Waals surface area contributed by atoms with Crippen LogP contribution in [0.4, 0.5) is 0 Å². The molecule has 1 aliphatic heterocycles. The predicted molar refractivity (Wildman–Crippen MR) is 50.8 cm³/mol. The molecule has 1 saturated heterocycles. The molecule has 0 unspecified atom stereocenters. The lowest BCUT2D eigenvalue weighted by Gasteiger charge is -2.19. The number of rotatable bonds is 1. The molecular formula is C8H19NS. The van der Waals surface area contributed by atoms with Crippen molar-refractivity contribution in [3.8, 4) is 0 Å². The summed E-state index contributed by atoms with van der Waals surface area (Å²) in [6, 6.07) is 0.816. The number of hydrogen-bond donors (Lipinski definition) is 1. The van der Waals surface area contributed by atoms with Gasteiger partial charge in [-0.05, 0) is 31.4 Å². The van der Waals surface area contributed by atoms with Gasteiger partial charge in [-0.25, -0.2) is 0 Å². The maximum Gasteiger partial charge on any atom is 0.00797 e. The first-order valence-corrected chi connectivity index (χ1v) is 5.34. The standard InChI is InChI=1S/C6H13NS.C2H6/c1-7-6-2-4-8-5-3-6;1-2/h6-7H,2-5H2,1H3;1-2H3. The van der Waals surface area contributed by atoms with E-state index in [2.05, 4.69) is 24.1 Å². The van der Waals surface area contributed by atoms with E-state index < -0.39 is 0 Å². The van der Waals surface area contributed by atoms with Crippen molar-refractivity contribution in [1.82, 2.24) is 5.32 Å². The Balaban J connectivity index is 0.000000371. The van der Waals surface area contributed by atoms with E-state index in [1.54, 1.807) is 0 Å². The Morgan fingerprint density at radius 3 is 2.00 bits per heavy atom. The van der Waals surface area contributed by atoms with Crippen molar-refractivity contribution < 1.29 is 0 Å². The second kappa shape index (κ2) is 7.42. The van der Waals surface area contributed by atoms with Gasteiger partial charge in [0.05, 0.1) is 0 Å². The van der Waals surface area contributed by atoms with Crippen molar-refractivity contribution in [1.29, 1.82) is 0 Å². The summed E-state index contributed by atoms with van der Waals surface area (Å²) in [5.74, 6) is 2.71. The minimum Gasteiger partial charge on any atom is -0.317 e. The van der Waals surface area contributed by atoms with Crippen molar-refractivity contribution in [2.24, 2.45) is 0 Å². The van der Waals surface area contributed by atoms with Crippen LogP contribution in [0, 0.1) is 0 Å². The predicted octanol–water partition coefficient (Wildman–Crippen LogP) is 2.13. The fraction of sp³-hybridized carbons (Fsp3) is 1.00. The van der Waals surface area contributed by atoms with Crippen molar-refractivity contribution >= 4 is 11.8 Å². The van der Waals surface area contributed by atoms with Gasteiger partial charge in [0.15, 0.2) is 0 Å². The summed E-state index contributed by atoms with van der Waals surface area (Å²) >= 11 is 2.07. The summed E-state index contributed by atoms with van der Waals surface area (Å²) in [7, 11) is 2.06. The van der Waals surface area contributed by atoms with E-state index in [0.717, 1.165) is 6.04 Å². The Kier molecular flexibility index (Phi) is 7.65.